The zero-order valence-corrected chi connectivity index (χ0v) is 17.2. The molecule has 140 valence electrons. The predicted molar refractivity (Wildman–Crippen MR) is 107 cm³/mol. The summed E-state index contributed by atoms with van der Waals surface area (Å²) in [5, 5.41) is 0. The average Bonchev–Trinajstić information content (AvgIpc) is 2.50. The molecule has 0 saturated heterocycles. The highest BCUT2D eigenvalue weighted by molar-refractivity contribution is 4.62. The minimum atomic E-state index is 0.837. The summed E-state index contributed by atoms with van der Waals surface area (Å²) in [6.45, 7) is 15.6. The lowest BCUT2D eigenvalue weighted by Gasteiger charge is -2.24. The summed E-state index contributed by atoms with van der Waals surface area (Å²) < 4.78 is 0. The van der Waals surface area contributed by atoms with Crippen LogP contribution >= 0.6 is 0 Å². The van der Waals surface area contributed by atoms with Gasteiger partial charge in [-0.15, -0.1) is 0 Å². The fraction of sp³-hybridized carbons (Fsp3) is 1.00. The van der Waals surface area contributed by atoms with E-state index >= 15 is 0 Å². The first kappa shape index (κ1) is 23.0. The summed E-state index contributed by atoms with van der Waals surface area (Å²) >= 11 is 0. The Morgan fingerprint density at radius 3 is 1.30 bits per heavy atom. The van der Waals surface area contributed by atoms with Crippen molar-refractivity contribution in [3.8, 4) is 0 Å². The molecule has 1 nitrogen and oxygen atoms in total. The molecule has 0 aromatic rings. The Morgan fingerprint density at radius 2 is 0.913 bits per heavy atom. The highest BCUT2D eigenvalue weighted by atomic mass is 15.1. The van der Waals surface area contributed by atoms with E-state index in [4.69, 9.17) is 0 Å². The maximum absolute atomic E-state index is 2.73. The first-order valence-corrected chi connectivity index (χ1v) is 10.8. The van der Waals surface area contributed by atoms with Gasteiger partial charge in [0.2, 0.25) is 0 Å². The van der Waals surface area contributed by atoms with Crippen molar-refractivity contribution >= 4 is 0 Å². The van der Waals surface area contributed by atoms with Crippen molar-refractivity contribution in [1.29, 1.82) is 0 Å². The Hall–Kier alpha value is -0.0400. The second-order valence-corrected chi connectivity index (χ2v) is 8.39. The minimum absolute atomic E-state index is 0.837. The second kappa shape index (κ2) is 16.8. The maximum Gasteiger partial charge on any atom is -0.00163 e. The molecule has 1 heteroatoms. The van der Waals surface area contributed by atoms with Crippen molar-refractivity contribution in [3.63, 3.8) is 0 Å². The monoisotopic (exact) mass is 325 g/mol. The topological polar surface area (TPSA) is 3.24 Å². The smallest absolute Gasteiger partial charge is 0.00163 e. The molecule has 0 aromatic heterocycles. The lowest BCUT2D eigenvalue weighted by atomic mass is 10.1. The molecule has 0 unspecified atom stereocenters. The van der Waals surface area contributed by atoms with Crippen molar-refractivity contribution in [1.82, 2.24) is 4.90 Å². The second-order valence-electron chi connectivity index (χ2n) is 8.39. The van der Waals surface area contributed by atoms with Crippen LogP contribution in [0.4, 0.5) is 0 Å². The van der Waals surface area contributed by atoms with Gasteiger partial charge in [-0.3, -0.25) is 0 Å². The fourth-order valence-corrected chi connectivity index (χ4v) is 3.04. The molecule has 0 aromatic carbocycles. The summed E-state index contributed by atoms with van der Waals surface area (Å²) in [5.74, 6) is 1.67. The Balaban J connectivity index is 3.56. The Morgan fingerprint density at radius 1 is 0.522 bits per heavy atom. The number of hydrogen-bond donors (Lipinski definition) is 0. The van der Waals surface area contributed by atoms with E-state index in [9.17, 15) is 0 Å². The largest absolute Gasteiger partial charge is 0.303 e. The Labute approximate surface area is 148 Å². The van der Waals surface area contributed by atoms with Crippen LogP contribution in [0.2, 0.25) is 0 Å². The normalized spacial score (nSPS) is 12.0. The number of hydrogen-bond acceptors (Lipinski definition) is 1. The first-order chi connectivity index (χ1) is 11.1. The van der Waals surface area contributed by atoms with E-state index in [0.717, 1.165) is 11.8 Å². The molecule has 0 aliphatic carbocycles. The van der Waals surface area contributed by atoms with Crippen LogP contribution in [0.25, 0.3) is 0 Å². The molecule has 0 spiro atoms. The van der Waals surface area contributed by atoms with Crippen LogP contribution in [0.15, 0.2) is 0 Å². The van der Waals surface area contributed by atoms with E-state index in [1.54, 1.807) is 0 Å². The third-order valence-corrected chi connectivity index (χ3v) is 4.87. The highest BCUT2D eigenvalue weighted by Crippen LogP contribution is 2.12. The standard InChI is InChI=1S/C22H47N/c1-6-7-8-9-10-11-12-13-14-15-18-23(19-16-21(2)3)20-17-22(4)5/h21-22H,6-20H2,1-5H3. The summed E-state index contributed by atoms with van der Waals surface area (Å²) in [6.07, 6.45) is 17.1. The van der Waals surface area contributed by atoms with Gasteiger partial charge >= 0.3 is 0 Å². The molecule has 23 heavy (non-hydrogen) atoms. The quantitative estimate of drug-likeness (QED) is 0.253. The third kappa shape index (κ3) is 18.1. The zero-order chi connectivity index (χ0) is 17.3. The van der Waals surface area contributed by atoms with Gasteiger partial charge in [0, 0.05) is 0 Å². The van der Waals surface area contributed by atoms with Crippen LogP contribution in [0.3, 0.4) is 0 Å². The van der Waals surface area contributed by atoms with Crippen molar-refractivity contribution in [2.24, 2.45) is 11.8 Å². The van der Waals surface area contributed by atoms with Crippen LogP contribution in [0, 0.1) is 11.8 Å². The van der Waals surface area contributed by atoms with Crippen LogP contribution in [0.5, 0.6) is 0 Å². The average molecular weight is 326 g/mol. The molecule has 0 saturated carbocycles. The van der Waals surface area contributed by atoms with Gasteiger partial charge in [0.25, 0.3) is 0 Å². The number of nitrogens with zero attached hydrogens (tertiary/aromatic N) is 1. The molecule has 0 aliphatic rings. The molecule has 0 fully saturated rings. The summed E-state index contributed by atoms with van der Waals surface area (Å²) in [6, 6.07) is 0. The van der Waals surface area contributed by atoms with Crippen molar-refractivity contribution in [2.75, 3.05) is 19.6 Å². The molecular weight excluding hydrogens is 278 g/mol. The molecule has 0 amide bonds. The molecule has 0 N–H and O–H groups in total. The number of unbranched alkanes of at least 4 members (excludes halogenated alkanes) is 9. The van der Waals surface area contributed by atoms with Crippen LogP contribution in [-0.2, 0) is 0 Å². The zero-order valence-electron chi connectivity index (χ0n) is 17.2. The molecule has 0 aliphatic heterocycles. The van der Waals surface area contributed by atoms with Crippen molar-refractivity contribution in [3.05, 3.63) is 0 Å². The molecule has 0 atom stereocenters. The summed E-state index contributed by atoms with van der Waals surface area (Å²) in [4.78, 5) is 2.73. The van der Waals surface area contributed by atoms with Crippen molar-refractivity contribution in [2.45, 2.75) is 112 Å². The maximum atomic E-state index is 2.73. The molecule has 0 rings (SSSR count). The molecular formula is C22H47N. The molecule has 0 radical (unpaired) electrons. The van der Waals surface area contributed by atoms with Gasteiger partial charge in [-0.2, -0.15) is 0 Å². The van der Waals surface area contributed by atoms with Gasteiger partial charge in [-0.25, -0.2) is 0 Å². The minimum Gasteiger partial charge on any atom is -0.303 e. The van der Waals surface area contributed by atoms with Crippen LogP contribution < -0.4 is 0 Å². The molecule has 0 bridgehead atoms. The Kier molecular flexibility index (Phi) is 16.8. The van der Waals surface area contributed by atoms with Gasteiger partial charge in [0.05, 0.1) is 0 Å². The van der Waals surface area contributed by atoms with E-state index in [1.807, 2.05) is 0 Å². The van der Waals surface area contributed by atoms with Gasteiger partial charge in [-0.1, -0.05) is 92.4 Å². The highest BCUT2D eigenvalue weighted by Gasteiger charge is 2.07. The Bertz CT molecular complexity index is 210. The first-order valence-electron chi connectivity index (χ1n) is 10.8. The predicted octanol–water partition coefficient (Wildman–Crippen LogP) is 7.30. The SMILES string of the molecule is CCCCCCCCCCCCN(CCC(C)C)CCC(C)C. The van der Waals surface area contributed by atoms with E-state index in [1.165, 1.54) is 96.7 Å². The van der Waals surface area contributed by atoms with E-state index in [0.29, 0.717) is 0 Å². The fourth-order valence-electron chi connectivity index (χ4n) is 3.04. The number of rotatable bonds is 17. The van der Waals surface area contributed by atoms with Gasteiger partial charge in [-0.05, 0) is 50.7 Å². The lowest BCUT2D eigenvalue weighted by Crippen LogP contribution is -2.28. The summed E-state index contributed by atoms with van der Waals surface area (Å²) in [7, 11) is 0. The van der Waals surface area contributed by atoms with Gasteiger partial charge in [0.15, 0.2) is 0 Å². The van der Waals surface area contributed by atoms with Crippen LogP contribution in [-0.4, -0.2) is 24.5 Å². The van der Waals surface area contributed by atoms with E-state index < -0.39 is 0 Å². The summed E-state index contributed by atoms with van der Waals surface area (Å²) in [5.41, 5.74) is 0. The lowest BCUT2D eigenvalue weighted by molar-refractivity contribution is 0.238. The van der Waals surface area contributed by atoms with Gasteiger partial charge < -0.3 is 4.90 Å². The van der Waals surface area contributed by atoms with Crippen molar-refractivity contribution < 1.29 is 0 Å². The van der Waals surface area contributed by atoms with Gasteiger partial charge in [0.1, 0.15) is 0 Å². The third-order valence-electron chi connectivity index (χ3n) is 4.87. The molecule has 0 heterocycles. The van der Waals surface area contributed by atoms with E-state index in [2.05, 4.69) is 39.5 Å². The van der Waals surface area contributed by atoms with Crippen LogP contribution in [0.1, 0.15) is 112 Å². The van der Waals surface area contributed by atoms with E-state index in [-0.39, 0.29) is 0 Å².